The summed E-state index contributed by atoms with van der Waals surface area (Å²) in [7, 11) is 1.55. The van der Waals surface area contributed by atoms with Gasteiger partial charge in [-0.2, -0.15) is 0 Å². The molecule has 0 spiro atoms. The van der Waals surface area contributed by atoms with Crippen LogP contribution >= 0.6 is 7.82 Å². The number of aliphatic hydroxyl groups excluding tert-OH is 1. The molecule has 0 saturated heterocycles. The number of amides is 1. The number of phosphoric acid groups is 1. The van der Waals surface area contributed by atoms with E-state index in [0.717, 1.165) is 38.5 Å². The summed E-state index contributed by atoms with van der Waals surface area (Å²) in [4.78, 5) is 23.2. The van der Waals surface area contributed by atoms with Gasteiger partial charge in [-0.3, -0.25) is 13.8 Å². The van der Waals surface area contributed by atoms with Crippen LogP contribution in [0.3, 0.4) is 0 Å². The molecular formula is C49H96N2O6P+. The van der Waals surface area contributed by atoms with Crippen LogP contribution in [0.4, 0.5) is 0 Å². The molecule has 3 N–H and O–H groups in total. The molecule has 9 heteroatoms. The van der Waals surface area contributed by atoms with Crippen LogP contribution in [0, 0.1) is 0 Å². The van der Waals surface area contributed by atoms with Gasteiger partial charge in [0.15, 0.2) is 0 Å². The number of hydrogen-bond donors (Lipinski definition) is 3. The maximum Gasteiger partial charge on any atom is 0.472 e. The maximum absolute atomic E-state index is 12.9. The monoisotopic (exact) mass is 840 g/mol. The second-order valence-electron chi connectivity index (χ2n) is 17.8. The van der Waals surface area contributed by atoms with Crippen molar-refractivity contribution in [2.24, 2.45) is 0 Å². The number of hydrogen-bond acceptors (Lipinski definition) is 5. The fourth-order valence-corrected chi connectivity index (χ4v) is 7.67. The van der Waals surface area contributed by atoms with E-state index in [-0.39, 0.29) is 19.1 Å². The minimum absolute atomic E-state index is 0.0560. The molecule has 342 valence electrons. The molecule has 0 rings (SSSR count). The van der Waals surface area contributed by atoms with Crippen molar-refractivity contribution < 1.29 is 32.9 Å². The van der Waals surface area contributed by atoms with Crippen molar-refractivity contribution in [3.8, 4) is 0 Å². The molecule has 0 saturated carbocycles. The summed E-state index contributed by atoms with van der Waals surface area (Å²) < 4.78 is 23.6. The number of allylic oxidation sites excluding steroid dienone is 5. The Morgan fingerprint density at radius 1 is 0.569 bits per heavy atom. The van der Waals surface area contributed by atoms with Gasteiger partial charge in [-0.25, -0.2) is 4.57 Å². The quantitative estimate of drug-likeness (QED) is 0.0244. The van der Waals surface area contributed by atoms with Crippen molar-refractivity contribution >= 4 is 13.7 Å². The molecule has 0 fully saturated rings. The predicted molar refractivity (Wildman–Crippen MR) is 249 cm³/mol. The summed E-state index contributed by atoms with van der Waals surface area (Å²) in [5, 5.41) is 13.8. The number of quaternary nitrogens is 1. The summed E-state index contributed by atoms with van der Waals surface area (Å²) >= 11 is 0. The van der Waals surface area contributed by atoms with Gasteiger partial charge < -0.3 is 19.8 Å². The molecule has 1 amide bonds. The summed E-state index contributed by atoms with van der Waals surface area (Å²) in [6.07, 6.45) is 50.8. The van der Waals surface area contributed by atoms with Gasteiger partial charge in [-0.1, -0.05) is 192 Å². The van der Waals surface area contributed by atoms with Gasteiger partial charge in [-0.05, 0) is 57.8 Å². The van der Waals surface area contributed by atoms with Gasteiger partial charge in [0.05, 0.1) is 39.9 Å². The van der Waals surface area contributed by atoms with Gasteiger partial charge in [0.1, 0.15) is 13.2 Å². The highest BCUT2D eigenvalue weighted by Gasteiger charge is 2.27. The molecule has 0 aliphatic heterocycles. The Morgan fingerprint density at radius 3 is 1.38 bits per heavy atom. The molecule has 0 aromatic carbocycles. The normalized spacial score (nSPS) is 14.5. The molecule has 3 atom stereocenters. The van der Waals surface area contributed by atoms with Crippen molar-refractivity contribution in [3.63, 3.8) is 0 Å². The Hall–Kier alpha value is -1.28. The lowest BCUT2D eigenvalue weighted by atomic mass is 10.0. The third-order valence-corrected chi connectivity index (χ3v) is 11.8. The number of carbonyl (C=O) groups excluding carboxylic acids is 1. The van der Waals surface area contributed by atoms with Crippen molar-refractivity contribution in [2.75, 3.05) is 40.9 Å². The van der Waals surface area contributed by atoms with E-state index in [0.29, 0.717) is 17.4 Å². The van der Waals surface area contributed by atoms with E-state index in [9.17, 15) is 19.4 Å². The zero-order valence-electron chi connectivity index (χ0n) is 38.8. The average Bonchev–Trinajstić information content (AvgIpc) is 3.17. The molecule has 0 radical (unpaired) electrons. The zero-order valence-corrected chi connectivity index (χ0v) is 39.7. The first kappa shape index (κ1) is 56.7. The van der Waals surface area contributed by atoms with Crippen LogP contribution < -0.4 is 5.32 Å². The Labute approximate surface area is 359 Å². The fraction of sp³-hybridized carbons (Fsp3) is 0.857. The molecule has 0 aromatic heterocycles. The van der Waals surface area contributed by atoms with Crippen LogP contribution in [0.1, 0.15) is 219 Å². The molecule has 0 aromatic rings. The first-order chi connectivity index (χ1) is 28.0. The Balaban J connectivity index is 4.36. The first-order valence-corrected chi connectivity index (χ1v) is 25.9. The summed E-state index contributed by atoms with van der Waals surface area (Å²) in [6.45, 7) is 4.79. The van der Waals surface area contributed by atoms with E-state index in [2.05, 4.69) is 43.5 Å². The maximum atomic E-state index is 12.9. The average molecular weight is 840 g/mol. The second-order valence-corrected chi connectivity index (χ2v) is 19.3. The number of carbonyl (C=O) groups is 1. The Morgan fingerprint density at radius 2 is 0.948 bits per heavy atom. The van der Waals surface area contributed by atoms with Crippen molar-refractivity contribution in [1.29, 1.82) is 0 Å². The minimum Gasteiger partial charge on any atom is -0.387 e. The highest BCUT2D eigenvalue weighted by atomic mass is 31.2. The zero-order chi connectivity index (χ0) is 42.8. The summed E-state index contributed by atoms with van der Waals surface area (Å²) in [5.41, 5.74) is 0. The number of nitrogens with zero attached hydrogens (tertiary/aromatic N) is 1. The number of unbranched alkanes of at least 4 members (excludes halogenated alkanes) is 27. The summed E-state index contributed by atoms with van der Waals surface area (Å²) in [6, 6.07) is -0.862. The lowest BCUT2D eigenvalue weighted by Gasteiger charge is -2.25. The molecule has 0 bridgehead atoms. The van der Waals surface area contributed by atoms with E-state index < -0.39 is 20.0 Å². The standard InChI is InChI=1S/C49H95N2O6P/c1-6-8-10-12-14-16-18-20-22-23-24-25-26-27-29-31-33-35-37-39-41-43-49(53)50-47(46-57-58(54,55)56-45-44-51(3,4)5)48(52)42-40-38-36-34-32-30-28-21-19-17-15-13-11-9-7-2/h23-24,32,34,40,42,47-48,52H,6-22,25-31,33,35-39,41,43-46H2,1-5H3,(H-,50,53,54,55)/p+1/b24-23-,34-32+,42-40+. The SMILES string of the molecule is CCCCCCCCCC/C=C\CCCCCCCCCCCC(=O)NC(COP(=O)(O)OCC[N+](C)(C)C)C(O)/C=C/CC/C=C/CCCCCCCCCCC. The molecule has 0 aliphatic rings. The molecular weight excluding hydrogens is 744 g/mol. The van der Waals surface area contributed by atoms with Crippen LogP contribution in [0.5, 0.6) is 0 Å². The van der Waals surface area contributed by atoms with Crippen molar-refractivity contribution in [1.82, 2.24) is 5.32 Å². The largest absolute Gasteiger partial charge is 0.472 e. The summed E-state index contributed by atoms with van der Waals surface area (Å²) in [5.74, 6) is -0.189. The second kappa shape index (κ2) is 41.1. The molecule has 3 unspecified atom stereocenters. The van der Waals surface area contributed by atoms with Crippen LogP contribution in [0.2, 0.25) is 0 Å². The lowest BCUT2D eigenvalue weighted by molar-refractivity contribution is -0.870. The van der Waals surface area contributed by atoms with Crippen molar-refractivity contribution in [2.45, 2.75) is 231 Å². The van der Waals surface area contributed by atoms with Gasteiger partial charge in [0, 0.05) is 6.42 Å². The van der Waals surface area contributed by atoms with E-state index in [1.54, 1.807) is 6.08 Å². The highest BCUT2D eigenvalue weighted by Crippen LogP contribution is 2.43. The van der Waals surface area contributed by atoms with Gasteiger partial charge in [0.25, 0.3) is 0 Å². The van der Waals surface area contributed by atoms with E-state index in [4.69, 9.17) is 9.05 Å². The fourth-order valence-electron chi connectivity index (χ4n) is 6.93. The number of nitrogens with one attached hydrogen (secondary N) is 1. The predicted octanol–water partition coefficient (Wildman–Crippen LogP) is 13.9. The number of rotatable bonds is 44. The lowest BCUT2D eigenvalue weighted by Crippen LogP contribution is -2.45. The first-order valence-electron chi connectivity index (χ1n) is 24.4. The topological polar surface area (TPSA) is 105 Å². The Kier molecular flexibility index (Phi) is 40.2. The molecule has 58 heavy (non-hydrogen) atoms. The highest BCUT2D eigenvalue weighted by molar-refractivity contribution is 7.47. The van der Waals surface area contributed by atoms with E-state index in [1.807, 2.05) is 27.2 Å². The van der Waals surface area contributed by atoms with Gasteiger partial charge >= 0.3 is 7.82 Å². The van der Waals surface area contributed by atoms with Gasteiger partial charge in [0.2, 0.25) is 5.91 Å². The third-order valence-electron chi connectivity index (χ3n) is 10.8. The third kappa shape index (κ3) is 42.8. The molecule has 8 nitrogen and oxygen atoms in total. The minimum atomic E-state index is -4.35. The smallest absolute Gasteiger partial charge is 0.387 e. The van der Waals surface area contributed by atoms with E-state index >= 15 is 0 Å². The van der Waals surface area contributed by atoms with Crippen LogP contribution in [-0.4, -0.2) is 73.4 Å². The molecule has 0 aliphatic carbocycles. The number of likely N-dealkylation sites (N-methyl/N-ethyl adjacent to an activating group) is 1. The van der Waals surface area contributed by atoms with Crippen LogP contribution in [0.25, 0.3) is 0 Å². The van der Waals surface area contributed by atoms with Crippen LogP contribution in [-0.2, 0) is 18.4 Å². The molecule has 0 heterocycles. The van der Waals surface area contributed by atoms with Crippen LogP contribution in [0.15, 0.2) is 36.5 Å². The number of phosphoric ester groups is 1. The van der Waals surface area contributed by atoms with Crippen molar-refractivity contribution in [3.05, 3.63) is 36.5 Å². The number of aliphatic hydroxyl groups is 1. The van der Waals surface area contributed by atoms with E-state index in [1.165, 1.54) is 161 Å². The van der Waals surface area contributed by atoms with Gasteiger partial charge in [-0.15, -0.1) is 0 Å². The Bertz CT molecular complexity index is 1040.